The minimum atomic E-state index is -1.18. The molecule has 0 aliphatic rings. The zero-order valence-corrected chi connectivity index (χ0v) is 18.5. The van der Waals surface area contributed by atoms with E-state index >= 15 is 0 Å². The van der Waals surface area contributed by atoms with Crippen molar-refractivity contribution in [2.24, 2.45) is 0 Å². The number of carboxylic acid groups (broad SMARTS) is 1. The van der Waals surface area contributed by atoms with Crippen LogP contribution in [0.5, 0.6) is 17.2 Å². The molecule has 29 heavy (non-hydrogen) atoms. The summed E-state index contributed by atoms with van der Waals surface area (Å²) in [4.78, 5) is 22.5. The second kappa shape index (κ2) is 14.1. The van der Waals surface area contributed by atoms with Gasteiger partial charge in [-0.25, -0.2) is 4.79 Å². The first-order chi connectivity index (χ1) is 14.0. The molecule has 1 aromatic rings. The number of benzene rings is 1. The summed E-state index contributed by atoms with van der Waals surface area (Å²) >= 11 is 0. The third kappa shape index (κ3) is 7.42. The van der Waals surface area contributed by atoms with Crippen LogP contribution < -0.4 is 9.62 Å². The molecule has 0 aliphatic heterocycles. The van der Waals surface area contributed by atoms with Crippen molar-refractivity contribution in [2.45, 2.75) is 91.9 Å². The van der Waals surface area contributed by atoms with Gasteiger partial charge < -0.3 is 19.8 Å². The van der Waals surface area contributed by atoms with Gasteiger partial charge in [-0.05, 0) is 31.2 Å². The van der Waals surface area contributed by atoms with E-state index in [1.807, 2.05) is 13.8 Å². The summed E-state index contributed by atoms with van der Waals surface area (Å²) in [6.07, 6.45) is 9.37. The second-order valence-corrected chi connectivity index (χ2v) is 7.23. The van der Waals surface area contributed by atoms with Gasteiger partial charge in [0.2, 0.25) is 5.75 Å². The standard InChI is InChI=1S/C23H38O6/c1-5-9-11-13-15-27-21-18(8-4)17(7-3)19(23(25)26)20(24)22(21)29-28-16-14-12-10-6-2/h24H,5-16H2,1-4H3,(H,25,26). The number of ether oxygens (including phenoxy) is 1. The van der Waals surface area contributed by atoms with Crippen molar-refractivity contribution in [1.29, 1.82) is 0 Å². The summed E-state index contributed by atoms with van der Waals surface area (Å²) in [5.41, 5.74) is 1.20. The molecular formula is C23H38O6. The summed E-state index contributed by atoms with van der Waals surface area (Å²) in [6.45, 7) is 8.95. The first-order valence-corrected chi connectivity index (χ1v) is 11.1. The average molecular weight is 411 g/mol. The van der Waals surface area contributed by atoms with E-state index in [9.17, 15) is 15.0 Å². The molecule has 6 nitrogen and oxygen atoms in total. The Balaban J connectivity index is 3.14. The van der Waals surface area contributed by atoms with Crippen LogP contribution in [0.25, 0.3) is 0 Å². The molecule has 0 fully saturated rings. The predicted octanol–water partition coefficient (Wildman–Crippen LogP) is 6.07. The molecule has 0 radical (unpaired) electrons. The maximum absolute atomic E-state index is 11.8. The third-order valence-corrected chi connectivity index (χ3v) is 4.99. The largest absolute Gasteiger partial charge is 0.503 e. The number of carbonyl (C=O) groups is 1. The van der Waals surface area contributed by atoms with Gasteiger partial charge in [-0.1, -0.05) is 66.2 Å². The van der Waals surface area contributed by atoms with E-state index in [4.69, 9.17) is 14.5 Å². The maximum Gasteiger partial charge on any atom is 0.339 e. The molecule has 0 atom stereocenters. The summed E-state index contributed by atoms with van der Waals surface area (Å²) in [7, 11) is 0. The van der Waals surface area contributed by atoms with Gasteiger partial charge in [-0.15, -0.1) is 0 Å². The molecule has 0 saturated carbocycles. The summed E-state index contributed by atoms with van der Waals surface area (Å²) in [5, 5.41) is 20.3. The van der Waals surface area contributed by atoms with E-state index in [0.29, 0.717) is 37.4 Å². The highest BCUT2D eigenvalue weighted by atomic mass is 17.2. The number of phenols is 1. The predicted molar refractivity (Wildman–Crippen MR) is 114 cm³/mol. The van der Waals surface area contributed by atoms with E-state index in [2.05, 4.69) is 13.8 Å². The van der Waals surface area contributed by atoms with Crippen molar-refractivity contribution >= 4 is 5.97 Å². The molecule has 0 saturated heterocycles. The highest BCUT2D eigenvalue weighted by Gasteiger charge is 2.29. The first kappa shape index (κ1) is 25.1. The molecule has 0 heterocycles. The minimum absolute atomic E-state index is 0.0255. The van der Waals surface area contributed by atoms with Gasteiger partial charge in [0.25, 0.3) is 0 Å². The molecule has 6 heteroatoms. The fraction of sp³-hybridized carbons (Fsp3) is 0.696. The fourth-order valence-electron chi connectivity index (χ4n) is 3.40. The lowest BCUT2D eigenvalue weighted by Crippen LogP contribution is -2.12. The Bertz CT molecular complexity index is 627. The summed E-state index contributed by atoms with van der Waals surface area (Å²) < 4.78 is 6.00. The molecule has 0 bridgehead atoms. The third-order valence-electron chi connectivity index (χ3n) is 4.99. The summed E-state index contributed by atoms with van der Waals surface area (Å²) in [6, 6.07) is 0. The van der Waals surface area contributed by atoms with Gasteiger partial charge in [0, 0.05) is 5.56 Å². The lowest BCUT2D eigenvalue weighted by molar-refractivity contribution is -0.209. The van der Waals surface area contributed by atoms with E-state index < -0.39 is 11.7 Å². The second-order valence-electron chi connectivity index (χ2n) is 7.23. The normalized spacial score (nSPS) is 10.9. The van der Waals surface area contributed by atoms with Crippen molar-refractivity contribution in [3.05, 3.63) is 16.7 Å². The van der Waals surface area contributed by atoms with Crippen LogP contribution in [-0.2, 0) is 17.7 Å². The van der Waals surface area contributed by atoms with Crippen LogP contribution >= 0.6 is 0 Å². The molecule has 2 N–H and O–H groups in total. The van der Waals surface area contributed by atoms with E-state index in [1.54, 1.807) is 0 Å². The zero-order chi connectivity index (χ0) is 21.6. The maximum atomic E-state index is 11.8. The van der Waals surface area contributed by atoms with Crippen molar-refractivity contribution in [1.82, 2.24) is 0 Å². The fourth-order valence-corrected chi connectivity index (χ4v) is 3.40. The van der Waals surface area contributed by atoms with Crippen LogP contribution in [0.4, 0.5) is 0 Å². The molecule has 1 rings (SSSR count). The Morgan fingerprint density at radius 1 is 0.793 bits per heavy atom. The lowest BCUT2D eigenvalue weighted by Gasteiger charge is -2.21. The van der Waals surface area contributed by atoms with E-state index in [0.717, 1.165) is 56.9 Å². The number of aromatic carboxylic acids is 1. The van der Waals surface area contributed by atoms with Crippen LogP contribution in [0.1, 0.15) is 101 Å². The van der Waals surface area contributed by atoms with E-state index in [-0.39, 0.29) is 11.3 Å². The number of hydrogen-bond donors (Lipinski definition) is 2. The topological polar surface area (TPSA) is 85.2 Å². The number of carboxylic acids is 1. The monoisotopic (exact) mass is 410 g/mol. The van der Waals surface area contributed by atoms with Crippen LogP contribution in [0.15, 0.2) is 0 Å². The molecule has 0 unspecified atom stereocenters. The van der Waals surface area contributed by atoms with E-state index in [1.165, 1.54) is 0 Å². The summed E-state index contributed by atoms with van der Waals surface area (Å²) in [5.74, 6) is -1.24. The smallest absolute Gasteiger partial charge is 0.339 e. The molecule has 0 spiro atoms. The molecule has 0 amide bonds. The Kier molecular flexibility index (Phi) is 12.2. The lowest BCUT2D eigenvalue weighted by atomic mass is 9.94. The van der Waals surface area contributed by atoms with Gasteiger partial charge in [-0.3, -0.25) is 0 Å². The Labute approximate surface area is 175 Å². The Hall–Kier alpha value is -1.95. The molecule has 0 aliphatic carbocycles. The van der Waals surface area contributed by atoms with Crippen LogP contribution in [0, 0.1) is 0 Å². The SMILES string of the molecule is CCCCCCOOc1c(O)c(C(=O)O)c(CC)c(CC)c1OCCCCCC. The first-order valence-electron chi connectivity index (χ1n) is 11.1. The van der Waals surface area contributed by atoms with Gasteiger partial charge >= 0.3 is 5.97 Å². The van der Waals surface area contributed by atoms with Gasteiger partial charge in [-0.2, -0.15) is 4.89 Å². The van der Waals surface area contributed by atoms with Crippen molar-refractivity contribution in [3.8, 4) is 17.2 Å². The molecule has 0 aromatic heterocycles. The molecule has 1 aromatic carbocycles. The van der Waals surface area contributed by atoms with Crippen molar-refractivity contribution in [3.63, 3.8) is 0 Å². The average Bonchev–Trinajstić information content (AvgIpc) is 2.70. The molecular weight excluding hydrogens is 372 g/mol. The van der Waals surface area contributed by atoms with Gasteiger partial charge in [0.05, 0.1) is 13.2 Å². The Morgan fingerprint density at radius 2 is 1.38 bits per heavy atom. The minimum Gasteiger partial charge on any atom is -0.503 e. The molecule has 166 valence electrons. The van der Waals surface area contributed by atoms with Gasteiger partial charge in [0.1, 0.15) is 5.56 Å². The number of rotatable bonds is 16. The van der Waals surface area contributed by atoms with Crippen molar-refractivity contribution < 1.29 is 29.5 Å². The highest BCUT2D eigenvalue weighted by Crippen LogP contribution is 2.46. The number of aromatic hydroxyl groups is 1. The van der Waals surface area contributed by atoms with Crippen LogP contribution in [0.2, 0.25) is 0 Å². The number of unbranched alkanes of at least 4 members (excludes halogenated alkanes) is 6. The Morgan fingerprint density at radius 3 is 1.90 bits per heavy atom. The zero-order valence-electron chi connectivity index (χ0n) is 18.5. The number of hydrogen-bond acceptors (Lipinski definition) is 5. The van der Waals surface area contributed by atoms with Crippen LogP contribution in [-0.4, -0.2) is 29.4 Å². The van der Waals surface area contributed by atoms with Crippen LogP contribution in [0.3, 0.4) is 0 Å². The van der Waals surface area contributed by atoms with Gasteiger partial charge in [0.15, 0.2) is 11.5 Å². The quantitative estimate of drug-likeness (QED) is 0.196. The highest BCUT2D eigenvalue weighted by molar-refractivity contribution is 5.95. The van der Waals surface area contributed by atoms with Crippen molar-refractivity contribution in [2.75, 3.05) is 13.2 Å².